The van der Waals surface area contributed by atoms with Gasteiger partial charge in [-0.25, -0.2) is 0 Å². The molecule has 2 aliphatic rings. The maximum atomic E-state index is 12.1. The molecule has 1 unspecified atom stereocenters. The van der Waals surface area contributed by atoms with Crippen LogP contribution in [0.2, 0.25) is 0 Å². The molecule has 1 atom stereocenters. The van der Waals surface area contributed by atoms with Crippen LogP contribution in [0, 0.1) is 5.92 Å². The predicted octanol–water partition coefficient (Wildman–Crippen LogP) is 1.70. The van der Waals surface area contributed by atoms with Crippen molar-refractivity contribution in [3.8, 4) is 0 Å². The summed E-state index contributed by atoms with van der Waals surface area (Å²) in [5.41, 5.74) is 1.80. The number of nitrogens with zero attached hydrogens (tertiary/aromatic N) is 2. The van der Waals surface area contributed by atoms with Crippen LogP contribution in [0.4, 0.5) is 11.4 Å². The zero-order valence-electron chi connectivity index (χ0n) is 12.3. The summed E-state index contributed by atoms with van der Waals surface area (Å²) in [7, 11) is 1.74. The number of likely N-dealkylation sites (tertiary alicyclic amines) is 1. The lowest BCUT2D eigenvalue weighted by molar-refractivity contribution is -0.131. The van der Waals surface area contributed by atoms with Gasteiger partial charge in [-0.15, -0.1) is 0 Å². The number of benzene rings is 1. The van der Waals surface area contributed by atoms with Gasteiger partial charge in [-0.1, -0.05) is 12.1 Å². The van der Waals surface area contributed by atoms with Crippen LogP contribution in [0.25, 0.3) is 0 Å². The van der Waals surface area contributed by atoms with Gasteiger partial charge < -0.3 is 15.1 Å². The Hall–Kier alpha value is -2.04. The van der Waals surface area contributed by atoms with Crippen molar-refractivity contribution in [1.82, 2.24) is 4.90 Å². The second-order valence-electron chi connectivity index (χ2n) is 5.92. The zero-order chi connectivity index (χ0) is 14.8. The molecule has 1 N–H and O–H groups in total. The molecule has 1 saturated carbocycles. The number of hydrogen-bond donors (Lipinski definition) is 1. The normalized spacial score (nSPS) is 21.2. The average Bonchev–Trinajstić information content (AvgIpc) is 3.26. The van der Waals surface area contributed by atoms with Crippen molar-refractivity contribution in [3.05, 3.63) is 24.3 Å². The molecule has 2 amide bonds. The maximum absolute atomic E-state index is 12.1. The first-order valence-electron chi connectivity index (χ1n) is 7.51. The van der Waals surface area contributed by atoms with E-state index >= 15 is 0 Å². The van der Waals surface area contributed by atoms with Gasteiger partial charge in [0.1, 0.15) is 0 Å². The van der Waals surface area contributed by atoms with Gasteiger partial charge in [0, 0.05) is 32.1 Å². The van der Waals surface area contributed by atoms with Crippen LogP contribution in [0.3, 0.4) is 0 Å². The fourth-order valence-corrected chi connectivity index (χ4v) is 2.85. The lowest BCUT2D eigenvalue weighted by Gasteiger charge is -2.21. The number of carbonyl (C=O) groups excluding carboxylic acids is 2. The summed E-state index contributed by atoms with van der Waals surface area (Å²) < 4.78 is 0. The van der Waals surface area contributed by atoms with Crippen LogP contribution in [-0.2, 0) is 9.59 Å². The van der Waals surface area contributed by atoms with Crippen LogP contribution in [0.15, 0.2) is 24.3 Å². The van der Waals surface area contributed by atoms with E-state index in [0.29, 0.717) is 5.91 Å². The molecule has 0 bridgehead atoms. The van der Waals surface area contributed by atoms with E-state index in [1.54, 1.807) is 11.9 Å². The highest BCUT2D eigenvalue weighted by molar-refractivity contribution is 5.83. The van der Waals surface area contributed by atoms with E-state index in [9.17, 15) is 9.59 Å². The SMILES string of the molecule is CN(C=O)c1ccccc1NC1CCN(C(=O)C2CC2)C1. The number of anilines is 2. The van der Waals surface area contributed by atoms with E-state index in [1.165, 1.54) is 0 Å². The third-order valence-corrected chi connectivity index (χ3v) is 4.23. The fourth-order valence-electron chi connectivity index (χ4n) is 2.85. The van der Waals surface area contributed by atoms with E-state index in [4.69, 9.17) is 0 Å². The Balaban J connectivity index is 1.65. The van der Waals surface area contributed by atoms with Crippen molar-refractivity contribution in [3.63, 3.8) is 0 Å². The van der Waals surface area contributed by atoms with E-state index < -0.39 is 0 Å². The summed E-state index contributed by atoms with van der Waals surface area (Å²) in [6.07, 6.45) is 3.87. The van der Waals surface area contributed by atoms with Gasteiger partial charge in [0.15, 0.2) is 0 Å². The number of hydrogen-bond acceptors (Lipinski definition) is 3. The third-order valence-electron chi connectivity index (χ3n) is 4.23. The molecule has 1 heterocycles. The van der Waals surface area contributed by atoms with Crippen molar-refractivity contribution in [1.29, 1.82) is 0 Å². The van der Waals surface area contributed by atoms with Crippen LogP contribution in [-0.4, -0.2) is 43.4 Å². The predicted molar refractivity (Wildman–Crippen MR) is 82.2 cm³/mol. The summed E-state index contributed by atoms with van der Waals surface area (Å²) in [4.78, 5) is 26.6. The molecule has 1 aliphatic carbocycles. The van der Waals surface area contributed by atoms with Gasteiger partial charge >= 0.3 is 0 Å². The Kier molecular flexibility index (Phi) is 3.82. The van der Waals surface area contributed by atoms with E-state index in [1.807, 2.05) is 29.2 Å². The van der Waals surface area contributed by atoms with Crippen LogP contribution in [0.1, 0.15) is 19.3 Å². The summed E-state index contributed by atoms with van der Waals surface area (Å²) in [5.74, 6) is 0.606. The Bertz CT molecular complexity index is 542. The first-order valence-corrected chi connectivity index (χ1v) is 7.51. The summed E-state index contributed by atoms with van der Waals surface area (Å²) >= 11 is 0. The third kappa shape index (κ3) is 3.01. The zero-order valence-corrected chi connectivity index (χ0v) is 12.3. The monoisotopic (exact) mass is 287 g/mol. The minimum absolute atomic E-state index is 0.258. The Morgan fingerprint density at radius 3 is 2.81 bits per heavy atom. The van der Waals surface area contributed by atoms with E-state index in [2.05, 4.69) is 5.32 Å². The molecule has 1 aromatic rings. The largest absolute Gasteiger partial charge is 0.379 e. The van der Waals surface area contributed by atoms with Gasteiger partial charge in [-0.2, -0.15) is 0 Å². The lowest BCUT2D eigenvalue weighted by Crippen LogP contribution is -2.32. The molecule has 0 spiro atoms. The van der Waals surface area contributed by atoms with Crippen molar-refractivity contribution in [2.24, 2.45) is 5.92 Å². The van der Waals surface area contributed by atoms with E-state index in [0.717, 1.165) is 50.1 Å². The molecule has 1 saturated heterocycles. The van der Waals surface area contributed by atoms with Gasteiger partial charge in [0.2, 0.25) is 12.3 Å². The molecule has 0 radical (unpaired) electrons. The Labute approximate surface area is 124 Å². The molecular weight excluding hydrogens is 266 g/mol. The van der Waals surface area contributed by atoms with Crippen molar-refractivity contribution in [2.75, 3.05) is 30.4 Å². The molecule has 5 heteroatoms. The van der Waals surface area contributed by atoms with Crippen molar-refractivity contribution < 1.29 is 9.59 Å². The first-order chi connectivity index (χ1) is 10.2. The standard InChI is InChI=1S/C16H21N3O2/c1-18(11-20)15-5-3-2-4-14(15)17-13-8-9-19(10-13)16(21)12-6-7-12/h2-5,11-13,17H,6-10H2,1H3. The summed E-state index contributed by atoms with van der Waals surface area (Å²) in [6.45, 7) is 1.59. The van der Waals surface area contributed by atoms with Gasteiger partial charge in [0.25, 0.3) is 0 Å². The lowest BCUT2D eigenvalue weighted by atomic mass is 10.2. The number of rotatable bonds is 5. The van der Waals surface area contributed by atoms with Gasteiger partial charge in [-0.3, -0.25) is 9.59 Å². The van der Waals surface area contributed by atoms with Crippen LogP contribution in [0.5, 0.6) is 0 Å². The second kappa shape index (κ2) is 5.76. The van der Waals surface area contributed by atoms with Crippen LogP contribution < -0.4 is 10.2 Å². The van der Waals surface area contributed by atoms with Crippen molar-refractivity contribution in [2.45, 2.75) is 25.3 Å². The molecular formula is C16H21N3O2. The molecule has 1 aromatic carbocycles. The first kappa shape index (κ1) is 13.9. The second-order valence-corrected chi connectivity index (χ2v) is 5.92. The molecule has 21 heavy (non-hydrogen) atoms. The molecule has 5 nitrogen and oxygen atoms in total. The highest BCUT2D eigenvalue weighted by atomic mass is 16.2. The number of carbonyl (C=O) groups is 2. The fraction of sp³-hybridized carbons (Fsp3) is 0.500. The van der Waals surface area contributed by atoms with E-state index in [-0.39, 0.29) is 12.0 Å². The highest BCUT2D eigenvalue weighted by Gasteiger charge is 2.36. The van der Waals surface area contributed by atoms with Gasteiger partial charge in [0.05, 0.1) is 11.4 Å². The van der Waals surface area contributed by atoms with Crippen LogP contribution >= 0.6 is 0 Å². The molecule has 0 aromatic heterocycles. The number of nitrogens with one attached hydrogen (secondary N) is 1. The Morgan fingerprint density at radius 1 is 1.33 bits per heavy atom. The van der Waals surface area contributed by atoms with Crippen molar-refractivity contribution >= 4 is 23.7 Å². The molecule has 3 rings (SSSR count). The topological polar surface area (TPSA) is 52.7 Å². The molecule has 1 aliphatic heterocycles. The maximum Gasteiger partial charge on any atom is 0.225 e. The highest BCUT2D eigenvalue weighted by Crippen LogP contribution is 2.33. The summed E-state index contributed by atoms with van der Waals surface area (Å²) in [5, 5.41) is 3.47. The molecule has 2 fully saturated rings. The quantitative estimate of drug-likeness (QED) is 0.839. The minimum Gasteiger partial charge on any atom is -0.379 e. The summed E-state index contributed by atoms with van der Waals surface area (Å²) in [6, 6.07) is 8.01. The minimum atomic E-state index is 0.258. The van der Waals surface area contributed by atoms with Gasteiger partial charge in [-0.05, 0) is 31.4 Å². The Morgan fingerprint density at radius 2 is 2.10 bits per heavy atom. The average molecular weight is 287 g/mol. The number of amides is 2. The number of para-hydroxylation sites is 2. The smallest absolute Gasteiger partial charge is 0.225 e. The molecule has 112 valence electrons.